The van der Waals surface area contributed by atoms with E-state index in [4.69, 9.17) is 4.98 Å². The van der Waals surface area contributed by atoms with E-state index in [1.807, 2.05) is 38.2 Å². The van der Waals surface area contributed by atoms with Crippen LogP contribution >= 0.6 is 11.3 Å². The molecule has 0 saturated heterocycles. The second-order valence-electron chi connectivity index (χ2n) is 12.9. The molecule has 1 amide bonds. The molecule has 7 heteroatoms. The summed E-state index contributed by atoms with van der Waals surface area (Å²) in [6, 6.07) is 15.1. The van der Waals surface area contributed by atoms with Gasteiger partial charge in [0.2, 0.25) is 0 Å². The molecule has 3 aromatic heterocycles. The Morgan fingerprint density at radius 1 is 1.00 bits per heavy atom. The molecule has 2 fully saturated rings. The molecule has 1 N–H and O–H groups in total. The molecule has 226 valence electrons. The molecular weight excluding hydrogens is 565 g/mol. The van der Waals surface area contributed by atoms with Gasteiger partial charge in [-0.15, -0.1) is 0 Å². The Morgan fingerprint density at radius 2 is 1.80 bits per heavy atom. The lowest BCUT2D eigenvalue weighted by Gasteiger charge is -2.41. The molecule has 7 rings (SSSR count). The minimum atomic E-state index is -0.504. The number of aromatic nitrogens is 3. The van der Waals surface area contributed by atoms with E-state index in [2.05, 4.69) is 56.4 Å². The standard InChI is InChI=1S/C37H40N4O2S/c1-23(25(3)42)19-26-11-13-31-33(20-26)40(4)36(38-31)37(16-8-17-37)39-35(43)27-12-14-32-30(21-27)24(2)34(28-15-18-44-22-28)41(32)29-9-6-5-7-10-29/h11-15,18-22,29H,5-10,16-17H2,1-4H3,(H,39,43)/b23-19+. The lowest BCUT2D eigenvalue weighted by molar-refractivity contribution is -0.113. The third-order valence-corrected chi connectivity index (χ3v) is 10.8. The highest BCUT2D eigenvalue weighted by Gasteiger charge is 2.44. The minimum absolute atomic E-state index is 0.0544. The van der Waals surface area contributed by atoms with Crippen LogP contribution < -0.4 is 5.32 Å². The van der Waals surface area contributed by atoms with Crippen molar-refractivity contribution in [3.8, 4) is 11.3 Å². The monoisotopic (exact) mass is 604 g/mol. The van der Waals surface area contributed by atoms with Crippen molar-refractivity contribution in [1.82, 2.24) is 19.4 Å². The molecule has 0 atom stereocenters. The number of thiophene rings is 1. The lowest BCUT2D eigenvalue weighted by atomic mass is 9.75. The van der Waals surface area contributed by atoms with Gasteiger partial charge in [0, 0.05) is 40.5 Å². The summed E-state index contributed by atoms with van der Waals surface area (Å²) in [5.74, 6) is 0.895. The van der Waals surface area contributed by atoms with Crippen molar-refractivity contribution < 1.29 is 9.59 Å². The Morgan fingerprint density at radius 3 is 2.48 bits per heavy atom. The molecule has 0 bridgehead atoms. The van der Waals surface area contributed by atoms with E-state index >= 15 is 0 Å². The Labute approximate surface area is 262 Å². The van der Waals surface area contributed by atoms with Crippen LogP contribution in [-0.2, 0) is 17.4 Å². The van der Waals surface area contributed by atoms with Gasteiger partial charge in [-0.05, 0) is 117 Å². The number of nitrogens with one attached hydrogen (secondary N) is 1. The summed E-state index contributed by atoms with van der Waals surface area (Å²) in [5.41, 5.74) is 8.80. The number of benzene rings is 2. The summed E-state index contributed by atoms with van der Waals surface area (Å²) in [4.78, 5) is 30.8. The van der Waals surface area contributed by atoms with Crippen molar-refractivity contribution in [2.45, 2.75) is 83.7 Å². The van der Waals surface area contributed by atoms with Gasteiger partial charge in [0.05, 0.1) is 22.3 Å². The van der Waals surface area contributed by atoms with Crippen molar-refractivity contribution in [2.24, 2.45) is 7.05 Å². The molecule has 0 radical (unpaired) electrons. The van der Waals surface area contributed by atoms with Crippen molar-refractivity contribution in [3.05, 3.63) is 81.3 Å². The predicted molar refractivity (Wildman–Crippen MR) is 180 cm³/mol. The highest BCUT2D eigenvalue weighted by atomic mass is 32.1. The van der Waals surface area contributed by atoms with Gasteiger partial charge < -0.3 is 14.5 Å². The van der Waals surface area contributed by atoms with Crippen molar-refractivity contribution in [2.75, 3.05) is 0 Å². The number of hydrogen-bond donors (Lipinski definition) is 1. The van der Waals surface area contributed by atoms with Gasteiger partial charge in [0.1, 0.15) is 5.82 Å². The number of allylic oxidation sites excluding steroid dienone is 1. The number of hydrogen-bond acceptors (Lipinski definition) is 4. The SMILES string of the molecule is CC(=O)/C(C)=C/c1ccc2nc(C3(NC(=O)c4ccc5c(c4)c(C)c(-c4ccsc4)n5C4CCCCC4)CCC3)n(C)c2c1. The van der Waals surface area contributed by atoms with Crippen LogP contribution in [0.4, 0.5) is 0 Å². The van der Waals surface area contributed by atoms with Crippen LogP contribution in [0, 0.1) is 6.92 Å². The van der Waals surface area contributed by atoms with Gasteiger partial charge >= 0.3 is 0 Å². The summed E-state index contributed by atoms with van der Waals surface area (Å²) >= 11 is 1.73. The van der Waals surface area contributed by atoms with Crippen molar-refractivity contribution in [3.63, 3.8) is 0 Å². The molecule has 2 aliphatic carbocycles. The average molecular weight is 605 g/mol. The van der Waals surface area contributed by atoms with Crippen LogP contribution in [0.25, 0.3) is 39.3 Å². The molecule has 0 spiro atoms. The summed E-state index contributed by atoms with van der Waals surface area (Å²) in [6.45, 7) is 5.64. The fraction of sp³-hybridized carbons (Fsp3) is 0.378. The quantitative estimate of drug-likeness (QED) is 0.189. The zero-order valence-electron chi connectivity index (χ0n) is 26.1. The Bertz CT molecular complexity index is 1930. The van der Waals surface area contributed by atoms with Crippen molar-refractivity contribution in [1.29, 1.82) is 0 Å². The Kier molecular flexibility index (Phi) is 7.32. The lowest BCUT2D eigenvalue weighted by Crippen LogP contribution is -2.52. The topological polar surface area (TPSA) is 68.9 Å². The van der Waals surface area contributed by atoms with Crippen LogP contribution in [0.3, 0.4) is 0 Å². The van der Waals surface area contributed by atoms with Crippen LogP contribution in [0.15, 0.2) is 58.8 Å². The van der Waals surface area contributed by atoms with Gasteiger partial charge in [0.15, 0.2) is 5.78 Å². The molecule has 3 heterocycles. The van der Waals surface area contributed by atoms with E-state index in [1.54, 1.807) is 18.3 Å². The summed E-state index contributed by atoms with van der Waals surface area (Å²) in [7, 11) is 2.03. The molecule has 2 saturated carbocycles. The predicted octanol–water partition coefficient (Wildman–Crippen LogP) is 8.87. The number of nitrogens with zero attached hydrogens (tertiary/aromatic N) is 3. The fourth-order valence-corrected chi connectivity index (χ4v) is 8.03. The number of fused-ring (bicyclic) bond motifs is 2. The third-order valence-electron chi connectivity index (χ3n) is 10.1. The van der Waals surface area contributed by atoms with E-state index in [1.165, 1.54) is 54.4 Å². The second-order valence-corrected chi connectivity index (χ2v) is 13.7. The van der Waals surface area contributed by atoms with Gasteiger partial charge in [0.25, 0.3) is 5.91 Å². The number of Topliss-reactive ketones (excluding diaryl/α,β-unsaturated/α-hetero) is 1. The van der Waals surface area contributed by atoms with E-state index in [-0.39, 0.29) is 11.7 Å². The second kappa shape index (κ2) is 11.2. The molecule has 44 heavy (non-hydrogen) atoms. The molecular formula is C37H40N4O2S. The smallest absolute Gasteiger partial charge is 0.252 e. The molecule has 0 aliphatic heterocycles. The summed E-state index contributed by atoms with van der Waals surface area (Å²) < 4.78 is 4.68. The maximum atomic E-state index is 14.0. The first-order chi connectivity index (χ1) is 21.3. The van der Waals surface area contributed by atoms with Gasteiger partial charge in [-0.25, -0.2) is 4.98 Å². The molecule has 6 nitrogen and oxygen atoms in total. The van der Waals surface area contributed by atoms with Crippen LogP contribution in [-0.4, -0.2) is 25.8 Å². The van der Waals surface area contributed by atoms with Gasteiger partial charge in [-0.2, -0.15) is 11.3 Å². The van der Waals surface area contributed by atoms with Crippen LogP contribution in [0.5, 0.6) is 0 Å². The van der Waals surface area contributed by atoms with E-state index < -0.39 is 5.54 Å². The van der Waals surface area contributed by atoms with Gasteiger partial charge in [-0.3, -0.25) is 9.59 Å². The van der Waals surface area contributed by atoms with Crippen LogP contribution in [0.2, 0.25) is 0 Å². The van der Waals surface area contributed by atoms with E-state index in [0.717, 1.165) is 52.6 Å². The first-order valence-electron chi connectivity index (χ1n) is 15.9. The first-order valence-corrected chi connectivity index (χ1v) is 16.9. The number of carbonyl (C=O) groups excluding carboxylic acids is 2. The Hall–Kier alpha value is -3.97. The first kappa shape index (κ1) is 28.8. The number of aryl methyl sites for hydroxylation is 2. The summed E-state index contributed by atoms with van der Waals surface area (Å²) in [6.07, 6.45) is 10.9. The number of imidazole rings is 1. The maximum Gasteiger partial charge on any atom is 0.252 e. The summed E-state index contributed by atoms with van der Waals surface area (Å²) in [5, 5.41) is 9.00. The maximum absolute atomic E-state index is 14.0. The third kappa shape index (κ3) is 4.82. The van der Waals surface area contributed by atoms with E-state index in [9.17, 15) is 9.59 Å². The van der Waals surface area contributed by atoms with E-state index in [0.29, 0.717) is 11.6 Å². The number of ketones is 1. The highest BCUT2D eigenvalue weighted by molar-refractivity contribution is 7.08. The normalized spacial score (nSPS) is 17.2. The Balaban J connectivity index is 1.24. The van der Waals surface area contributed by atoms with Crippen LogP contribution in [0.1, 0.15) is 98.6 Å². The minimum Gasteiger partial charge on any atom is -0.339 e. The highest BCUT2D eigenvalue weighted by Crippen LogP contribution is 2.43. The number of carbonyl (C=O) groups is 2. The number of rotatable bonds is 7. The van der Waals surface area contributed by atoms with Gasteiger partial charge in [-0.1, -0.05) is 25.3 Å². The molecule has 5 aromatic rings. The fourth-order valence-electron chi connectivity index (χ4n) is 7.39. The molecule has 2 aromatic carbocycles. The van der Waals surface area contributed by atoms with Crippen molar-refractivity contribution >= 4 is 51.0 Å². The average Bonchev–Trinajstić information content (AvgIpc) is 3.72. The molecule has 2 aliphatic rings. The zero-order chi connectivity index (χ0) is 30.6. The number of amides is 1. The largest absolute Gasteiger partial charge is 0.339 e. The zero-order valence-corrected chi connectivity index (χ0v) is 26.9. The molecule has 0 unspecified atom stereocenters.